The monoisotopic (exact) mass is 250 g/mol. The summed E-state index contributed by atoms with van der Waals surface area (Å²) in [6.07, 6.45) is 3.18. The van der Waals surface area contributed by atoms with Gasteiger partial charge in [0.05, 0.1) is 0 Å². The molecular formula is C13H14OS2. The van der Waals surface area contributed by atoms with E-state index in [2.05, 4.69) is 22.9 Å². The Morgan fingerprint density at radius 1 is 0.938 bits per heavy atom. The standard InChI is InChI=1S/C13H14OS2/c14-11(5-7-12-3-1-9-15-12)6-8-13-4-2-10-16-13/h1-4,9-10H,5-8H2. The summed E-state index contributed by atoms with van der Waals surface area (Å²) >= 11 is 3.46. The van der Waals surface area contributed by atoms with Gasteiger partial charge in [-0.15, -0.1) is 22.7 Å². The fourth-order valence-corrected chi connectivity index (χ4v) is 2.98. The van der Waals surface area contributed by atoms with Crippen LogP contribution in [0.3, 0.4) is 0 Å². The highest BCUT2D eigenvalue weighted by molar-refractivity contribution is 7.10. The lowest BCUT2D eigenvalue weighted by molar-refractivity contribution is -0.119. The number of thiophene rings is 2. The van der Waals surface area contributed by atoms with E-state index < -0.39 is 0 Å². The van der Waals surface area contributed by atoms with E-state index in [4.69, 9.17) is 0 Å². The average molecular weight is 250 g/mol. The van der Waals surface area contributed by atoms with Crippen molar-refractivity contribution in [1.82, 2.24) is 0 Å². The summed E-state index contributed by atoms with van der Waals surface area (Å²) < 4.78 is 0. The Morgan fingerprint density at radius 2 is 1.44 bits per heavy atom. The number of Topliss-reactive ketones (excluding diaryl/α,β-unsaturated/α-hetero) is 1. The van der Waals surface area contributed by atoms with Crippen molar-refractivity contribution in [3.05, 3.63) is 44.8 Å². The van der Waals surface area contributed by atoms with Crippen molar-refractivity contribution in [1.29, 1.82) is 0 Å². The Kier molecular flexibility index (Phi) is 4.31. The van der Waals surface area contributed by atoms with E-state index in [0.29, 0.717) is 18.6 Å². The normalized spacial score (nSPS) is 10.5. The summed E-state index contributed by atoms with van der Waals surface area (Å²) in [5.74, 6) is 0.377. The highest BCUT2D eigenvalue weighted by atomic mass is 32.1. The Morgan fingerprint density at radius 3 is 1.81 bits per heavy atom. The van der Waals surface area contributed by atoms with Crippen LogP contribution in [0, 0.1) is 0 Å². The molecule has 0 amide bonds. The molecule has 0 spiro atoms. The van der Waals surface area contributed by atoms with E-state index in [-0.39, 0.29) is 0 Å². The van der Waals surface area contributed by atoms with Crippen LogP contribution >= 0.6 is 22.7 Å². The van der Waals surface area contributed by atoms with Crippen LogP contribution in [0.2, 0.25) is 0 Å². The zero-order chi connectivity index (χ0) is 11.2. The summed E-state index contributed by atoms with van der Waals surface area (Å²) in [6, 6.07) is 8.26. The molecule has 0 unspecified atom stereocenters. The van der Waals surface area contributed by atoms with Crippen LogP contribution < -0.4 is 0 Å². The van der Waals surface area contributed by atoms with Crippen LogP contribution in [-0.4, -0.2) is 5.78 Å². The van der Waals surface area contributed by atoms with Gasteiger partial charge in [-0.25, -0.2) is 0 Å². The van der Waals surface area contributed by atoms with Gasteiger partial charge in [-0.2, -0.15) is 0 Å². The fraction of sp³-hybridized carbons (Fsp3) is 0.308. The minimum Gasteiger partial charge on any atom is -0.300 e. The molecule has 0 aliphatic carbocycles. The van der Waals surface area contributed by atoms with Gasteiger partial charge in [-0.1, -0.05) is 12.1 Å². The van der Waals surface area contributed by atoms with Crippen LogP contribution in [0.25, 0.3) is 0 Å². The minimum absolute atomic E-state index is 0.377. The van der Waals surface area contributed by atoms with Gasteiger partial charge < -0.3 is 0 Å². The molecule has 2 aromatic heterocycles. The molecule has 84 valence electrons. The van der Waals surface area contributed by atoms with Crippen LogP contribution in [0.5, 0.6) is 0 Å². The molecule has 0 aliphatic heterocycles. The van der Waals surface area contributed by atoms with Gasteiger partial charge >= 0.3 is 0 Å². The first kappa shape index (κ1) is 11.6. The van der Waals surface area contributed by atoms with Crippen molar-refractivity contribution in [2.45, 2.75) is 25.7 Å². The molecule has 0 saturated heterocycles. The highest BCUT2D eigenvalue weighted by Crippen LogP contribution is 2.14. The molecule has 2 rings (SSSR count). The number of ketones is 1. The average Bonchev–Trinajstić information content (AvgIpc) is 2.96. The summed E-state index contributed by atoms with van der Waals surface area (Å²) in [4.78, 5) is 14.3. The first-order valence-corrected chi connectivity index (χ1v) is 7.17. The summed E-state index contributed by atoms with van der Waals surface area (Å²) in [7, 11) is 0. The van der Waals surface area contributed by atoms with Crippen molar-refractivity contribution in [2.75, 3.05) is 0 Å². The third-order valence-corrected chi connectivity index (χ3v) is 4.33. The molecule has 2 aromatic rings. The second kappa shape index (κ2) is 5.97. The smallest absolute Gasteiger partial charge is 0.133 e. The number of rotatable bonds is 6. The molecule has 0 bridgehead atoms. The molecule has 0 aromatic carbocycles. The van der Waals surface area contributed by atoms with Crippen molar-refractivity contribution >= 4 is 28.5 Å². The molecule has 0 N–H and O–H groups in total. The second-order valence-electron chi connectivity index (χ2n) is 3.70. The van der Waals surface area contributed by atoms with Gasteiger partial charge in [-0.3, -0.25) is 4.79 Å². The maximum absolute atomic E-state index is 11.6. The van der Waals surface area contributed by atoms with E-state index in [1.165, 1.54) is 9.75 Å². The number of carbonyl (C=O) groups excluding carboxylic acids is 1. The highest BCUT2D eigenvalue weighted by Gasteiger charge is 2.04. The number of hydrogen-bond donors (Lipinski definition) is 0. The summed E-state index contributed by atoms with van der Waals surface area (Å²) in [5, 5.41) is 4.12. The maximum Gasteiger partial charge on any atom is 0.133 e. The molecule has 1 nitrogen and oxygen atoms in total. The zero-order valence-corrected chi connectivity index (χ0v) is 10.7. The third kappa shape index (κ3) is 3.58. The molecule has 0 radical (unpaired) electrons. The zero-order valence-electron chi connectivity index (χ0n) is 9.02. The third-order valence-electron chi connectivity index (χ3n) is 2.46. The van der Waals surface area contributed by atoms with Crippen molar-refractivity contribution < 1.29 is 4.79 Å². The molecule has 0 atom stereocenters. The van der Waals surface area contributed by atoms with Crippen LogP contribution in [0.4, 0.5) is 0 Å². The topological polar surface area (TPSA) is 17.1 Å². The minimum atomic E-state index is 0.377. The Bertz CT molecular complexity index is 374. The molecular weight excluding hydrogens is 236 g/mol. The SMILES string of the molecule is O=C(CCc1cccs1)CCc1cccs1. The summed E-state index contributed by atoms with van der Waals surface area (Å²) in [6.45, 7) is 0. The van der Waals surface area contributed by atoms with E-state index in [0.717, 1.165) is 12.8 Å². The first-order valence-electron chi connectivity index (χ1n) is 5.41. The number of carbonyl (C=O) groups is 1. The lowest BCUT2D eigenvalue weighted by Gasteiger charge is -1.98. The maximum atomic E-state index is 11.6. The molecule has 0 fully saturated rings. The lowest BCUT2D eigenvalue weighted by Crippen LogP contribution is -2.00. The predicted octanol–water partition coefficient (Wildman–Crippen LogP) is 3.94. The number of aryl methyl sites for hydroxylation is 2. The van der Waals surface area contributed by atoms with Crippen LogP contribution in [0.1, 0.15) is 22.6 Å². The van der Waals surface area contributed by atoms with Crippen molar-refractivity contribution in [2.24, 2.45) is 0 Å². The summed E-state index contributed by atoms with van der Waals surface area (Å²) in [5.41, 5.74) is 0. The Hall–Kier alpha value is -0.930. The van der Waals surface area contributed by atoms with Gasteiger partial charge in [-0.05, 0) is 35.7 Å². The van der Waals surface area contributed by atoms with E-state index >= 15 is 0 Å². The van der Waals surface area contributed by atoms with Gasteiger partial charge in [0.15, 0.2) is 0 Å². The van der Waals surface area contributed by atoms with Crippen molar-refractivity contribution in [3.63, 3.8) is 0 Å². The van der Waals surface area contributed by atoms with E-state index in [9.17, 15) is 4.79 Å². The van der Waals surface area contributed by atoms with Gasteiger partial charge in [0, 0.05) is 22.6 Å². The van der Waals surface area contributed by atoms with Gasteiger partial charge in [0.1, 0.15) is 5.78 Å². The molecule has 3 heteroatoms. The van der Waals surface area contributed by atoms with E-state index in [1.54, 1.807) is 22.7 Å². The van der Waals surface area contributed by atoms with Crippen LogP contribution in [-0.2, 0) is 17.6 Å². The predicted molar refractivity (Wildman–Crippen MR) is 70.3 cm³/mol. The second-order valence-corrected chi connectivity index (χ2v) is 5.76. The Labute approximate surface area is 104 Å². The van der Waals surface area contributed by atoms with Gasteiger partial charge in [0.2, 0.25) is 0 Å². The first-order chi connectivity index (χ1) is 7.84. The Balaban J connectivity index is 1.69. The van der Waals surface area contributed by atoms with Gasteiger partial charge in [0.25, 0.3) is 0 Å². The molecule has 16 heavy (non-hydrogen) atoms. The van der Waals surface area contributed by atoms with E-state index in [1.807, 2.05) is 12.1 Å². The molecule has 2 heterocycles. The largest absolute Gasteiger partial charge is 0.300 e. The number of hydrogen-bond acceptors (Lipinski definition) is 3. The fourth-order valence-electron chi connectivity index (χ4n) is 1.56. The molecule has 0 saturated carbocycles. The quantitative estimate of drug-likeness (QED) is 0.759. The van der Waals surface area contributed by atoms with Crippen molar-refractivity contribution in [3.8, 4) is 0 Å². The van der Waals surface area contributed by atoms with Crippen LogP contribution in [0.15, 0.2) is 35.0 Å². The lowest BCUT2D eigenvalue weighted by atomic mass is 10.1. The molecule has 0 aliphatic rings.